The average Bonchev–Trinajstić information content (AvgIpc) is 3.93. The Bertz CT molecular complexity index is 3950. The van der Waals surface area contributed by atoms with Gasteiger partial charge < -0.3 is 15.6 Å². The molecule has 0 atom stereocenters. The standard InChI is InChI=1S/C59H41N5/c1-3-17-39(18-4-1)44-25-16-26-45(40-19-5-2-6-20-40)59(44)63-54-29-11-10-28-53(54)61-43-22-15-21-41(35-43)50-38-55-51(46-23-7-9-27-52(46)62-55)37-49(50)42-32-33-48-47-24-8-12-30-56(47)64(57(48)36-42)58-31-13-14-34-60-58/h1-38,61-63H/i1D,3D,4D,17D,18D. The molecule has 0 saturated heterocycles. The largest absolute Gasteiger partial charge is 0.354 e. The second-order valence-electron chi connectivity index (χ2n) is 15.9. The first-order chi connectivity index (χ1) is 33.8. The van der Waals surface area contributed by atoms with Crippen LogP contribution in [0.4, 0.5) is 22.7 Å². The quantitative estimate of drug-likeness (QED) is 0.136. The van der Waals surface area contributed by atoms with Gasteiger partial charge in [-0.25, -0.2) is 4.98 Å². The Morgan fingerprint density at radius 2 is 1.09 bits per heavy atom. The average molecular weight is 825 g/mol. The lowest BCUT2D eigenvalue weighted by molar-refractivity contribution is 1.08. The summed E-state index contributed by atoms with van der Waals surface area (Å²) in [6.07, 6.45) is 1.84. The maximum Gasteiger partial charge on any atom is 0.137 e. The summed E-state index contributed by atoms with van der Waals surface area (Å²) < 4.78 is 45.4. The first-order valence-corrected chi connectivity index (χ1v) is 21.3. The molecule has 302 valence electrons. The van der Waals surface area contributed by atoms with E-state index in [4.69, 9.17) is 11.8 Å². The van der Waals surface area contributed by atoms with E-state index in [2.05, 4.69) is 129 Å². The highest BCUT2D eigenvalue weighted by Gasteiger charge is 2.19. The first-order valence-electron chi connectivity index (χ1n) is 23.8. The van der Waals surface area contributed by atoms with Crippen molar-refractivity contribution in [3.05, 3.63) is 231 Å². The molecule has 64 heavy (non-hydrogen) atoms. The molecule has 5 nitrogen and oxygen atoms in total. The smallest absolute Gasteiger partial charge is 0.137 e. The van der Waals surface area contributed by atoms with Crippen molar-refractivity contribution in [2.75, 3.05) is 10.6 Å². The van der Waals surface area contributed by atoms with E-state index in [1.807, 2.05) is 85.1 Å². The number of para-hydroxylation sites is 5. The summed E-state index contributed by atoms with van der Waals surface area (Å²) in [7, 11) is 0. The van der Waals surface area contributed by atoms with Gasteiger partial charge in [-0.15, -0.1) is 0 Å². The highest BCUT2D eigenvalue weighted by Crippen LogP contribution is 2.43. The molecule has 0 aliphatic carbocycles. The molecule has 0 unspecified atom stereocenters. The number of hydrogen-bond donors (Lipinski definition) is 3. The molecule has 12 aromatic rings. The highest BCUT2D eigenvalue weighted by atomic mass is 15.1. The highest BCUT2D eigenvalue weighted by molar-refractivity contribution is 6.13. The maximum absolute atomic E-state index is 8.93. The van der Waals surface area contributed by atoms with E-state index in [0.717, 1.165) is 94.5 Å². The molecule has 0 radical (unpaired) electrons. The fourth-order valence-corrected chi connectivity index (χ4v) is 9.14. The predicted octanol–water partition coefficient (Wildman–Crippen LogP) is 16.0. The summed E-state index contributed by atoms with van der Waals surface area (Å²) in [5, 5.41) is 12.0. The van der Waals surface area contributed by atoms with E-state index in [1.54, 1.807) is 6.07 Å². The van der Waals surface area contributed by atoms with Gasteiger partial charge in [0.2, 0.25) is 0 Å². The molecular weight excluding hydrogens is 779 g/mol. The van der Waals surface area contributed by atoms with Crippen LogP contribution in [0.15, 0.2) is 231 Å². The molecule has 3 aromatic heterocycles. The van der Waals surface area contributed by atoms with Crippen molar-refractivity contribution < 1.29 is 6.85 Å². The second-order valence-corrected chi connectivity index (χ2v) is 15.9. The topological polar surface area (TPSA) is 57.7 Å². The molecular formula is C59H41N5. The van der Waals surface area contributed by atoms with Gasteiger partial charge in [-0.05, 0) is 100 Å². The van der Waals surface area contributed by atoms with E-state index in [-0.39, 0.29) is 29.7 Å². The van der Waals surface area contributed by atoms with Crippen molar-refractivity contribution in [2.45, 2.75) is 0 Å². The monoisotopic (exact) mass is 824 g/mol. The molecule has 0 saturated carbocycles. The van der Waals surface area contributed by atoms with Gasteiger partial charge in [0.25, 0.3) is 0 Å². The zero-order valence-electron chi connectivity index (χ0n) is 39.4. The van der Waals surface area contributed by atoms with Crippen molar-refractivity contribution in [3.63, 3.8) is 0 Å². The summed E-state index contributed by atoms with van der Waals surface area (Å²) in [4.78, 5) is 8.48. The summed E-state index contributed by atoms with van der Waals surface area (Å²) >= 11 is 0. The van der Waals surface area contributed by atoms with Gasteiger partial charge >= 0.3 is 0 Å². The van der Waals surface area contributed by atoms with Gasteiger partial charge in [0.15, 0.2) is 0 Å². The number of pyridine rings is 1. The number of benzene rings is 9. The minimum Gasteiger partial charge on any atom is -0.354 e. The van der Waals surface area contributed by atoms with Crippen LogP contribution in [-0.2, 0) is 0 Å². The van der Waals surface area contributed by atoms with Crippen molar-refractivity contribution >= 4 is 66.4 Å². The number of nitrogens with one attached hydrogen (secondary N) is 3. The minimum absolute atomic E-state index is 0.125. The number of rotatable bonds is 9. The lowest BCUT2D eigenvalue weighted by Gasteiger charge is -2.20. The van der Waals surface area contributed by atoms with Crippen LogP contribution in [-0.4, -0.2) is 14.5 Å². The number of H-pyrrole nitrogens is 1. The van der Waals surface area contributed by atoms with Crippen molar-refractivity contribution in [2.24, 2.45) is 0 Å². The SMILES string of the molecule is [2H]c1c([2H])c([2H])c(-c2cccc(-c3ccccc3)c2Nc2ccccc2Nc2cccc(-c3cc4[nH]c5ccccc5c4cc3-c3ccc4c5ccccc5n(-c5ccccn5)c4c3)c2)c([2H])c1[2H]. The predicted molar refractivity (Wildman–Crippen MR) is 269 cm³/mol. The van der Waals surface area contributed by atoms with Crippen molar-refractivity contribution in [1.29, 1.82) is 0 Å². The zero-order chi connectivity index (χ0) is 46.8. The Morgan fingerprint density at radius 1 is 0.422 bits per heavy atom. The van der Waals surface area contributed by atoms with Gasteiger partial charge in [-0.2, -0.15) is 0 Å². The number of hydrogen-bond acceptors (Lipinski definition) is 3. The third kappa shape index (κ3) is 6.55. The van der Waals surface area contributed by atoms with E-state index >= 15 is 0 Å². The number of anilines is 4. The normalized spacial score (nSPS) is 12.5. The van der Waals surface area contributed by atoms with Gasteiger partial charge in [0.1, 0.15) is 5.82 Å². The minimum atomic E-state index is -0.432. The van der Waals surface area contributed by atoms with Crippen molar-refractivity contribution in [3.8, 4) is 50.3 Å². The number of aromatic nitrogens is 3. The van der Waals surface area contributed by atoms with Gasteiger partial charge in [0, 0.05) is 55.6 Å². The summed E-state index contributed by atoms with van der Waals surface area (Å²) in [5.41, 5.74) is 13.8. The van der Waals surface area contributed by atoms with Gasteiger partial charge in [0.05, 0.1) is 34.9 Å². The molecule has 0 amide bonds. The third-order valence-corrected chi connectivity index (χ3v) is 12.1. The van der Waals surface area contributed by atoms with Crippen LogP contribution in [0.25, 0.3) is 93.9 Å². The molecule has 3 N–H and O–H groups in total. The maximum atomic E-state index is 8.93. The lowest BCUT2D eigenvalue weighted by Crippen LogP contribution is -2.01. The van der Waals surface area contributed by atoms with E-state index < -0.39 is 6.04 Å². The molecule has 0 aliphatic rings. The number of nitrogens with zero attached hydrogens (tertiary/aromatic N) is 2. The van der Waals surface area contributed by atoms with Gasteiger partial charge in [-0.1, -0.05) is 158 Å². The van der Waals surface area contributed by atoms with E-state index in [9.17, 15) is 0 Å². The van der Waals surface area contributed by atoms with Crippen molar-refractivity contribution in [1.82, 2.24) is 14.5 Å². The molecule has 0 spiro atoms. The van der Waals surface area contributed by atoms with Crippen LogP contribution >= 0.6 is 0 Å². The Labute approximate surface area is 378 Å². The summed E-state index contributed by atoms with van der Waals surface area (Å²) in [6, 6.07) is 64.4. The second kappa shape index (κ2) is 15.7. The van der Waals surface area contributed by atoms with E-state index in [0.29, 0.717) is 11.3 Å². The Balaban J connectivity index is 0.985. The number of fused-ring (bicyclic) bond motifs is 6. The summed E-state index contributed by atoms with van der Waals surface area (Å²) in [5.74, 6) is 0.857. The summed E-state index contributed by atoms with van der Waals surface area (Å²) in [6.45, 7) is 0. The van der Waals surface area contributed by atoms with Crippen LogP contribution in [0.3, 0.4) is 0 Å². The Kier molecular flexibility index (Phi) is 7.85. The molecule has 9 aromatic carbocycles. The molecule has 0 aliphatic heterocycles. The lowest BCUT2D eigenvalue weighted by atomic mass is 9.92. The van der Waals surface area contributed by atoms with Crippen LogP contribution in [0.1, 0.15) is 6.85 Å². The van der Waals surface area contributed by atoms with Crippen LogP contribution in [0, 0.1) is 0 Å². The fraction of sp³-hybridized carbons (Fsp3) is 0. The zero-order valence-corrected chi connectivity index (χ0v) is 34.4. The number of aromatic amines is 1. The Hall–Kier alpha value is -8.67. The van der Waals surface area contributed by atoms with Crippen LogP contribution in [0.2, 0.25) is 0 Å². The Morgan fingerprint density at radius 3 is 1.94 bits per heavy atom. The molecule has 5 heteroatoms. The molecule has 0 bridgehead atoms. The van der Waals surface area contributed by atoms with E-state index in [1.165, 1.54) is 5.39 Å². The molecule has 3 heterocycles. The van der Waals surface area contributed by atoms with Crippen LogP contribution < -0.4 is 10.6 Å². The third-order valence-electron chi connectivity index (χ3n) is 12.1. The van der Waals surface area contributed by atoms with Crippen LogP contribution in [0.5, 0.6) is 0 Å². The fourth-order valence-electron chi connectivity index (χ4n) is 9.14. The molecule has 12 rings (SSSR count). The van der Waals surface area contributed by atoms with Gasteiger partial charge in [-0.3, -0.25) is 4.57 Å². The molecule has 0 fully saturated rings. The first kappa shape index (κ1) is 32.1.